The average Bonchev–Trinajstić information content (AvgIpc) is 2.88. The van der Waals surface area contributed by atoms with Crippen molar-refractivity contribution in [1.82, 2.24) is 4.90 Å². The van der Waals surface area contributed by atoms with Gasteiger partial charge in [0.2, 0.25) is 0 Å². The molecule has 2 aliphatic rings. The number of hydrogen-bond acceptors (Lipinski definition) is 3. The Labute approximate surface area is 126 Å². The molecule has 4 heteroatoms. The molecule has 2 aliphatic heterocycles. The van der Waals surface area contributed by atoms with E-state index in [9.17, 15) is 4.39 Å². The number of halogens is 1. The normalized spacial score (nSPS) is 25.5. The van der Waals surface area contributed by atoms with Crippen LogP contribution in [-0.4, -0.2) is 42.9 Å². The standard InChI is InChI=1S/C17H24FNO2/c1-2-20-16-11-17(21-13-16)7-9-19(10-8-17)12-14-3-5-15(18)6-4-14/h3-6,16H,2,7-13H2,1H3/t16-/m1/s1. The highest BCUT2D eigenvalue weighted by Gasteiger charge is 2.42. The molecule has 2 saturated heterocycles. The minimum atomic E-state index is -0.169. The fourth-order valence-corrected chi connectivity index (χ4v) is 3.46. The lowest BCUT2D eigenvalue weighted by atomic mass is 9.88. The van der Waals surface area contributed by atoms with Crippen LogP contribution in [0.3, 0.4) is 0 Å². The second-order valence-electron chi connectivity index (χ2n) is 6.18. The summed E-state index contributed by atoms with van der Waals surface area (Å²) in [6, 6.07) is 6.81. The summed E-state index contributed by atoms with van der Waals surface area (Å²) >= 11 is 0. The second-order valence-corrected chi connectivity index (χ2v) is 6.18. The number of benzene rings is 1. The van der Waals surface area contributed by atoms with Crippen LogP contribution < -0.4 is 0 Å². The zero-order valence-electron chi connectivity index (χ0n) is 12.7. The highest BCUT2D eigenvalue weighted by molar-refractivity contribution is 5.16. The van der Waals surface area contributed by atoms with Crippen LogP contribution in [0.5, 0.6) is 0 Å². The van der Waals surface area contributed by atoms with E-state index in [1.165, 1.54) is 17.7 Å². The Balaban J connectivity index is 1.50. The molecule has 1 aromatic rings. The van der Waals surface area contributed by atoms with Crippen LogP contribution in [-0.2, 0) is 16.0 Å². The Kier molecular flexibility index (Phi) is 4.57. The van der Waals surface area contributed by atoms with Crippen molar-refractivity contribution in [1.29, 1.82) is 0 Å². The Bertz CT molecular complexity index is 454. The van der Waals surface area contributed by atoms with Crippen LogP contribution in [0.15, 0.2) is 24.3 Å². The van der Waals surface area contributed by atoms with E-state index in [4.69, 9.17) is 9.47 Å². The zero-order chi connectivity index (χ0) is 14.7. The monoisotopic (exact) mass is 293 g/mol. The summed E-state index contributed by atoms with van der Waals surface area (Å²) in [7, 11) is 0. The fraction of sp³-hybridized carbons (Fsp3) is 0.647. The minimum absolute atomic E-state index is 0.0408. The van der Waals surface area contributed by atoms with Gasteiger partial charge in [-0.25, -0.2) is 4.39 Å². The third-order valence-electron chi connectivity index (χ3n) is 4.66. The lowest BCUT2D eigenvalue weighted by molar-refractivity contribution is -0.0464. The molecule has 1 spiro atoms. The van der Waals surface area contributed by atoms with Gasteiger partial charge >= 0.3 is 0 Å². The van der Waals surface area contributed by atoms with Crippen molar-refractivity contribution < 1.29 is 13.9 Å². The summed E-state index contributed by atoms with van der Waals surface area (Å²) in [5.41, 5.74) is 1.21. The molecule has 0 aromatic heterocycles. The summed E-state index contributed by atoms with van der Waals surface area (Å²) < 4.78 is 24.7. The van der Waals surface area contributed by atoms with E-state index in [1.54, 1.807) is 0 Å². The number of nitrogens with zero attached hydrogens (tertiary/aromatic N) is 1. The Morgan fingerprint density at radius 2 is 2.00 bits per heavy atom. The predicted octanol–water partition coefficient (Wildman–Crippen LogP) is 2.99. The molecule has 0 N–H and O–H groups in total. The van der Waals surface area contributed by atoms with E-state index in [1.807, 2.05) is 19.1 Å². The van der Waals surface area contributed by atoms with Crippen molar-refractivity contribution >= 4 is 0 Å². The summed E-state index contributed by atoms with van der Waals surface area (Å²) in [5.74, 6) is -0.169. The second kappa shape index (κ2) is 6.42. The van der Waals surface area contributed by atoms with Gasteiger partial charge in [-0.2, -0.15) is 0 Å². The van der Waals surface area contributed by atoms with Crippen LogP contribution in [0, 0.1) is 5.82 Å². The quantitative estimate of drug-likeness (QED) is 0.852. The van der Waals surface area contributed by atoms with Crippen molar-refractivity contribution in [3.8, 4) is 0 Å². The van der Waals surface area contributed by atoms with Crippen LogP contribution in [0.1, 0.15) is 31.7 Å². The molecule has 1 atom stereocenters. The summed E-state index contributed by atoms with van der Waals surface area (Å²) in [6.07, 6.45) is 3.44. The van der Waals surface area contributed by atoms with Gasteiger partial charge in [0.05, 0.1) is 18.3 Å². The van der Waals surface area contributed by atoms with Gasteiger partial charge in [-0.05, 0) is 37.5 Å². The number of rotatable bonds is 4. The maximum absolute atomic E-state index is 12.9. The molecule has 2 fully saturated rings. The SMILES string of the molecule is CCO[C@H]1COC2(CCN(Cc3ccc(F)cc3)CC2)C1. The maximum atomic E-state index is 12.9. The molecule has 0 bridgehead atoms. The summed E-state index contributed by atoms with van der Waals surface area (Å²) in [5, 5.41) is 0. The molecule has 2 heterocycles. The van der Waals surface area contributed by atoms with Gasteiger partial charge in [-0.15, -0.1) is 0 Å². The van der Waals surface area contributed by atoms with Crippen LogP contribution in [0.25, 0.3) is 0 Å². The predicted molar refractivity (Wildman–Crippen MR) is 79.6 cm³/mol. The van der Waals surface area contributed by atoms with Gasteiger partial charge in [0.1, 0.15) is 5.82 Å². The van der Waals surface area contributed by atoms with Crippen molar-refractivity contribution in [2.45, 2.75) is 44.4 Å². The Hall–Kier alpha value is -0.970. The molecular weight excluding hydrogens is 269 g/mol. The third kappa shape index (κ3) is 3.62. The van der Waals surface area contributed by atoms with Crippen molar-refractivity contribution in [3.05, 3.63) is 35.6 Å². The third-order valence-corrected chi connectivity index (χ3v) is 4.66. The Morgan fingerprint density at radius 1 is 1.29 bits per heavy atom. The molecular formula is C17H24FNO2. The first-order valence-electron chi connectivity index (χ1n) is 7.91. The summed E-state index contributed by atoms with van der Waals surface area (Å²) in [4.78, 5) is 2.43. The van der Waals surface area contributed by atoms with Gasteiger partial charge in [-0.1, -0.05) is 12.1 Å². The molecule has 21 heavy (non-hydrogen) atoms. The summed E-state index contributed by atoms with van der Waals surface area (Å²) in [6.45, 7) is 6.51. The molecule has 0 radical (unpaired) electrons. The zero-order valence-corrected chi connectivity index (χ0v) is 12.7. The number of likely N-dealkylation sites (tertiary alicyclic amines) is 1. The molecule has 0 saturated carbocycles. The van der Waals surface area contributed by atoms with Crippen LogP contribution >= 0.6 is 0 Å². The lowest BCUT2D eigenvalue weighted by Gasteiger charge is -2.38. The Morgan fingerprint density at radius 3 is 2.67 bits per heavy atom. The highest BCUT2D eigenvalue weighted by atomic mass is 19.1. The van der Waals surface area contributed by atoms with E-state index in [2.05, 4.69) is 4.90 Å². The largest absolute Gasteiger partial charge is 0.376 e. The van der Waals surface area contributed by atoms with Crippen LogP contribution in [0.2, 0.25) is 0 Å². The molecule has 1 aromatic carbocycles. The maximum Gasteiger partial charge on any atom is 0.123 e. The molecule has 0 unspecified atom stereocenters. The van der Waals surface area contributed by atoms with E-state index < -0.39 is 0 Å². The van der Waals surface area contributed by atoms with Gasteiger partial charge < -0.3 is 9.47 Å². The topological polar surface area (TPSA) is 21.7 Å². The highest BCUT2D eigenvalue weighted by Crippen LogP contribution is 2.37. The lowest BCUT2D eigenvalue weighted by Crippen LogP contribution is -2.43. The number of piperidine rings is 1. The first-order valence-corrected chi connectivity index (χ1v) is 7.91. The molecule has 3 rings (SSSR count). The smallest absolute Gasteiger partial charge is 0.123 e. The van der Waals surface area contributed by atoms with Gasteiger partial charge in [0, 0.05) is 32.7 Å². The van der Waals surface area contributed by atoms with Crippen molar-refractivity contribution in [3.63, 3.8) is 0 Å². The van der Waals surface area contributed by atoms with E-state index >= 15 is 0 Å². The van der Waals surface area contributed by atoms with Gasteiger partial charge in [0.25, 0.3) is 0 Å². The van der Waals surface area contributed by atoms with Gasteiger partial charge in [-0.3, -0.25) is 4.90 Å². The average molecular weight is 293 g/mol. The molecule has 116 valence electrons. The first kappa shape index (κ1) is 14.9. The first-order chi connectivity index (χ1) is 10.2. The van der Waals surface area contributed by atoms with Crippen molar-refractivity contribution in [2.24, 2.45) is 0 Å². The molecule has 0 aliphatic carbocycles. The van der Waals surface area contributed by atoms with E-state index in [0.29, 0.717) is 0 Å². The van der Waals surface area contributed by atoms with Gasteiger partial charge in [0.15, 0.2) is 0 Å². The fourth-order valence-electron chi connectivity index (χ4n) is 3.46. The number of ether oxygens (including phenoxy) is 2. The van der Waals surface area contributed by atoms with Crippen molar-refractivity contribution in [2.75, 3.05) is 26.3 Å². The van der Waals surface area contributed by atoms with E-state index in [-0.39, 0.29) is 17.5 Å². The molecule has 0 amide bonds. The minimum Gasteiger partial charge on any atom is -0.376 e. The van der Waals surface area contributed by atoms with E-state index in [0.717, 1.165) is 52.1 Å². The van der Waals surface area contributed by atoms with Crippen LogP contribution in [0.4, 0.5) is 4.39 Å². The molecule has 3 nitrogen and oxygen atoms in total. The number of hydrogen-bond donors (Lipinski definition) is 0.